The molecule has 2 atom stereocenters. The molecule has 0 radical (unpaired) electrons. The zero-order valence-corrected chi connectivity index (χ0v) is 7.51. The van der Waals surface area contributed by atoms with Gasteiger partial charge >= 0.3 is 0 Å². The predicted molar refractivity (Wildman–Crippen MR) is 47.4 cm³/mol. The number of aliphatic hydroxyl groups excluding tert-OH is 1. The van der Waals surface area contributed by atoms with E-state index in [0.717, 1.165) is 6.42 Å². The Hall–Kier alpha value is -0.300. The number of aliphatic hydroxyl groups is 1. The van der Waals surface area contributed by atoms with Crippen LogP contribution in [0, 0.1) is 5.92 Å². The molecule has 64 valence electrons. The molecule has 1 aliphatic rings. The van der Waals surface area contributed by atoms with Crippen molar-refractivity contribution in [1.29, 1.82) is 0 Å². The molecule has 1 saturated carbocycles. The van der Waals surface area contributed by atoms with Crippen LogP contribution in [-0.2, 0) is 0 Å². The molecule has 1 heteroatoms. The van der Waals surface area contributed by atoms with Gasteiger partial charge in [0.1, 0.15) is 0 Å². The second kappa shape index (κ2) is 3.91. The Labute approximate surface area is 69.1 Å². The molecule has 0 bridgehead atoms. The lowest BCUT2D eigenvalue weighted by Gasteiger charge is -2.25. The van der Waals surface area contributed by atoms with Crippen molar-refractivity contribution in [2.75, 3.05) is 0 Å². The largest absolute Gasteiger partial charge is 0.393 e. The van der Waals surface area contributed by atoms with Gasteiger partial charge < -0.3 is 5.11 Å². The summed E-state index contributed by atoms with van der Waals surface area (Å²) in [6.45, 7) is 4.20. The predicted octanol–water partition coefficient (Wildman–Crippen LogP) is 2.50. The maximum atomic E-state index is 9.57. The summed E-state index contributed by atoms with van der Waals surface area (Å²) in [5, 5.41) is 9.57. The summed E-state index contributed by atoms with van der Waals surface area (Å²) in [4.78, 5) is 0. The molecule has 1 rings (SSSR count). The van der Waals surface area contributed by atoms with Crippen molar-refractivity contribution in [3.63, 3.8) is 0 Å². The van der Waals surface area contributed by atoms with Gasteiger partial charge in [0.05, 0.1) is 6.10 Å². The van der Waals surface area contributed by atoms with Gasteiger partial charge in [0.25, 0.3) is 0 Å². The summed E-state index contributed by atoms with van der Waals surface area (Å²) < 4.78 is 0. The molecule has 0 aromatic rings. The van der Waals surface area contributed by atoms with Crippen LogP contribution in [0.2, 0.25) is 0 Å². The van der Waals surface area contributed by atoms with E-state index in [1.807, 2.05) is 0 Å². The lowest BCUT2D eigenvalue weighted by molar-refractivity contribution is 0.0924. The minimum Gasteiger partial charge on any atom is -0.393 e. The van der Waals surface area contributed by atoms with Crippen LogP contribution in [0.15, 0.2) is 11.6 Å². The van der Waals surface area contributed by atoms with E-state index in [9.17, 15) is 5.11 Å². The number of hydrogen-bond acceptors (Lipinski definition) is 1. The molecule has 0 aromatic heterocycles. The molecule has 1 N–H and O–H groups in total. The normalized spacial score (nSPS) is 31.5. The molecule has 0 saturated heterocycles. The molecule has 0 heterocycles. The van der Waals surface area contributed by atoms with Crippen LogP contribution >= 0.6 is 0 Å². The molecular formula is C10H18O. The minimum atomic E-state index is -0.0707. The Bertz CT molecular complexity index is 145. The topological polar surface area (TPSA) is 20.2 Å². The number of rotatable bonds is 1. The highest BCUT2D eigenvalue weighted by molar-refractivity contribution is 5.00. The standard InChI is InChI=1S/C10H18O/c1-8(2)7-9-5-3-4-6-10(9)11/h7,9-11H,3-6H2,1-2H3. The molecule has 1 fully saturated rings. The van der Waals surface area contributed by atoms with E-state index in [1.165, 1.54) is 24.8 Å². The lowest BCUT2D eigenvalue weighted by Crippen LogP contribution is -2.22. The quantitative estimate of drug-likeness (QED) is 0.575. The van der Waals surface area contributed by atoms with Gasteiger partial charge in [0, 0.05) is 5.92 Å². The summed E-state index contributed by atoms with van der Waals surface area (Å²) in [6.07, 6.45) is 6.79. The summed E-state index contributed by atoms with van der Waals surface area (Å²) in [5.41, 5.74) is 1.33. The van der Waals surface area contributed by atoms with Gasteiger partial charge in [-0.3, -0.25) is 0 Å². The van der Waals surface area contributed by atoms with Crippen molar-refractivity contribution < 1.29 is 5.11 Å². The van der Waals surface area contributed by atoms with Gasteiger partial charge in [0.2, 0.25) is 0 Å². The van der Waals surface area contributed by atoms with Crippen LogP contribution in [0.4, 0.5) is 0 Å². The highest BCUT2D eigenvalue weighted by Gasteiger charge is 2.20. The summed E-state index contributed by atoms with van der Waals surface area (Å²) >= 11 is 0. The van der Waals surface area contributed by atoms with E-state index >= 15 is 0 Å². The Morgan fingerprint density at radius 3 is 2.45 bits per heavy atom. The van der Waals surface area contributed by atoms with Crippen LogP contribution in [0.3, 0.4) is 0 Å². The van der Waals surface area contributed by atoms with Crippen molar-refractivity contribution in [2.45, 2.75) is 45.6 Å². The first kappa shape index (κ1) is 8.79. The van der Waals surface area contributed by atoms with Gasteiger partial charge in [-0.15, -0.1) is 0 Å². The molecule has 0 aromatic carbocycles. The molecular weight excluding hydrogens is 136 g/mol. The Morgan fingerprint density at radius 2 is 1.91 bits per heavy atom. The second-order valence-electron chi connectivity index (χ2n) is 3.76. The van der Waals surface area contributed by atoms with E-state index in [2.05, 4.69) is 19.9 Å². The van der Waals surface area contributed by atoms with Crippen LogP contribution in [0.25, 0.3) is 0 Å². The zero-order valence-electron chi connectivity index (χ0n) is 7.51. The molecule has 11 heavy (non-hydrogen) atoms. The van der Waals surface area contributed by atoms with Crippen molar-refractivity contribution in [3.05, 3.63) is 11.6 Å². The average molecular weight is 154 g/mol. The van der Waals surface area contributed by atoms with Crippen molar-refractivity contribution >= 4 is 0 Å². The van der Waals surface area contributed by atoms with Gasteiger partial charge in [0.15, 0.2) is 0 Å². The first-order valence-electron chi connectivity index (χ1n) is 4.53. The monoisotopic (exact) mass is 154 g/mol. The van der Waals surface area contributed by atoms with E-state index in [-0.39, 0.29) is 6.10 Å². The van der Waals surface area contributed by atoms with Crippen LogP contribution in [0.5, 0.6) is 0 Å². The Kier molecular flexibility index (Phi) is 3.13. The summed E-state index contributed by atoms with van der Waals surface area (Å²) in [6, 6.07) is 0. The Morgan fingerprint density at radius 1 is 1.27 bits per heavy atom. The molecule has 0 spiro atoms. The molecule has 2 unspecified atom stereocenters. The third kappa shape index (κ3) is 2.66. The first-order valence-corrected chi connectivity index (χ1v) is 4.53. The maximum absolute atomic E-state index is 9.57. The SMILES string of the molecule is CC(C)=CC1CCCCC1O. The molecule has 1 aliphatic carbocycles. The molecule has 0 amide bonds. The fraction of sp³-hybridized carbons (Fsp3) is 0.800. The van der Waals surface area contributed by atoms with E-state index in [1.54, 1.807) is 0 Å². The highest BCUT2D eigenvalue weighted by atomic mass is 16.3. The third-order valence-corrected chi connectivity index (χ3v) is 2.33. The van der Waals surface area contributed by atoms with Crippen molar-refractivity contribution in [2.24, 2.45) is 5.92 Å². The van der Waals surface area contributed by atoms with E-state index in [4.69, 9.17) is 0 Å². The van der Waals surface area contributed by atoms with Crippen molar-refractivity contribution in [3.8, 4) is 0 Å². The minimum absolute atomic E-state index is 0.0707. The van der Waals surface area contributed by atoms with Crippen LogP contribution < -0.4 is 0 Å². The smallest absolute Gasteiger partial charge is 0.0602 e. The van der Waals surface area contributed by atoms with Crippen LogP contribution in [0.1, 0.15) is 39.5 Å². The Balaban J connectivity index is 2.48. The van der Waals surface area contributed by atoms with E-state index in [0.29, 0.717) is 5.92 Å². The first-order chi connectivity index (χ1) is 5.20. The molecule has 0 aliphatic heterocycles. The average Bonchev–Trinajstić information content (AvgIpc) is 1.93. The van der Waals surface area contributed by atoms with Gasteiger partial charge in [-0.2, -0.15) is 0 Å². The fourth-order valence-corrected chi connectivity index (χ4v) is 1.76. The number of hydrogen-bond donors (Lipinski definition) is 1. The molecule has 1 nitrogen and oxygen atoms in total. The third-order valence-electron chi connectivity index (χ3n) is 2.33. The summed E-state index contributed by atoms with van der Waals surface area (Å²) in [7, 11) is 0. The summed E-state index contributed by atoms with van der Waals surface area (Å²) in [5.74, 6) is 0.439. The van der Waals surface area contributed by atoms with Crippen LogP contribution in [-0.4, -0.2) is 11.2 Å². The van der Waals surface area contributed by atoms with Gasteiger partial charge in [-0.25, -0.2) is 0 Å². The van der Waals surface area contributed by atoms with Gasteiger partial charge in [-0.1, -0.05) is 24.5 Å². The zero-order chi connectivity index (χ0) is 8.27. The maximum Gasteiger partial charge on any atom is 0.0602 e. The second-order valence-corrected chi connectivity index (χ2v) is 3.76. The highest BCUT2D eigenvalue weighted by Crippen LogP contribution is 2.25. The van der Waals surface area contributed by atoms with E-state index < -0.39 is 0 Å². The fourth-order valence-electron chi connectivity index (χ4n) is 1.76. The number of allylic oxidation sites excluding steroid dienone is 1. The lowest BCUT2D eigenvalue weighted by atomic mass is 9.85. The van der Waals surface area contributed by atoms with Crippen molar-refractivity contribution in [1.82, 2.24) is 0 Å². The van der Waals surface area contributed by atoms with Gasteiger partial charge in [-0.05, 0) is 26.7 Å².